The molecule has 0 radical (unpaired) electrons. The second kappa shape index (κ2) is 9.72. The molecule has 33 heavy (non-hydrogen) atoms. The van der Waals surface area contributed by atoms with E-state index in [0.29, 0.717) is 18.7 Å². The second-order valence-corrected chi connectivity index (χ2v) is 9.21. The summed E-state index contributed by atoms with van der Waals surface area (Å²) in [4.78, 5) is 30.9. The van der Waals surface area contributed by atoms with E-state index >= 15 is 0 Å². The summed E-state index contributed by atoms with van der Waals surface area (Å²) in [5.41, 5.74) is 4.22. The van der Waals surface area contributed by atoms with Crippen LogP contribution in [0.15, 0.2) is 84.9 Å². The maximum Gasteiger partial charge on any atom is 0.234 e. The normalized spacial score (nSPS) is 21.0. The molecule has 0 aromatic heterocycles. The van der Waals surface area contributed by atoms with Gasteiger partial charge < -0.3 is 4.90 Å². The standard InChI is InChI=1S/C29H30N2O2/c32-28(25-11-5-2-6-12-25)27-20-26(31(29(27)33)21-30-17-7-8-18-30)19-22-13-15-24(16-14-22)23-9-3-1-4-10-23/h1-6,9-16,26-27H,7-8,17-21H2/t26-,27-/m0/s1. The zero-order valence-electron chi connectivity index (χ0n) is 18.9. The molecule has 0 bridgehead atoms. The number of carbonyl (C=O) groups excluding carboxylic acids is 2. The van der Waals surface area contributed by atoms with Crippen molar-refractivity contribution in [2.45, 2.75) is 31.7 Å². The molecule has 1 amide bonds. The largest absolute Gasteiger partial charge is 0.326 e. The lowest BCUT2D eigenvalue weighted by atomic mass is 9.92. The van der Waals surface area contributed by atoms with Crippen LogP contribution in [0.25, 0.3) is 11.1 Å². The van der Waals surface area contributed by atoms with Gasteiger partial charge in [0.05, 0.1) is 6.67 Å². The average molecular weight is 439 g/mol. The van der Waals surface area contributed by atoms with E-state index in [2.05, 4.69) is 41.3 Å². The van der Waals surface area contributed by atoms with Gasteiger partial charge in [0.1, 0.15) is 5.92 Å². The Morgan fingerprint density at radius 1 is 0.788 bits per heavy atom. The first-order valence-electron chi connectivity index (χ1n) is 12.0. The van der Waals surface area contributed by atoms with Crippen molar-refractivity contribution in [3.63, 3.8) is 0 Å². The Kier molecular flexibility index (Phi) is 6.36. The van der Waals surface area contributed by atoms with Gasteiger partial charge in [-0.15, -0.1) is 0 Å². The fourth-order valence-corrected chi connectivity index (χ4v) is 5.16. The lowest BCUT2D eigenvalue weighted by Gasteiger charge is -2.29. The maximum absolute atomic E-state index is 13.4. The van der Waals surface area contributed by atoms with Crippen LogP contribution in [0, 0.1) is 5.92 Å². The zero-order chi connectivity index (χ0) is 22.6. The van der Waals surface area contributed by atoms with Crippen LogP contribution >= 0.6 is 0 Å². The molecule has 4 heteroatoms. The van der Waals surface area contributed by atoms with Gasteiger partial charge in [-0.25, -0.2) is 0 Å². The fraction of sp³-hybridized carbons (Fsp3) is 0.310. The smallest absolute Gasteiger partial charge is 0.234 e. The van der Waals surface area contributed by atoms with Gasteiger partial charge in [-0.1, -0.05) is 84.9 Å². The molecule has 2 atom stereocenters. The van der Waals surface area contributed by atoms with Crippen LogP contribution in [-0.4, -0.2) is 47.3 Å². The molecule has 2 saturated heterocycles. The van der Waals surface area contributed by atoms with Crippen molar-refractivity contribution in [2.24, 2.45) is 5.92 Å². The van der Waals surface area contributed by atoms with Crippen LogP contribution in [0.5, 0.6) is 0 Å². The van der Waals surface area contributed by atoms with Crippen LogP contribution in [0.3, 0.4) is 0 Å². The van der Waals surface area contributed by atoms with E-state index in [9.17, 15) is 9.59 Å². The SMILES string of the molecule is O=C(c1ccccc1)[C@@H]1C[C@H](Cc2ccc(-c3ccccc3)cc2)N(CN2CCCC2)C1=O. The van der Waals surface area contributed by atoms with Crippen molar-refractivity contribution in [1.29, 1.82) is 0 Å². The summed E-state index contributed by atoms with van der Waals surface area (Å²) >= 11 is 0. The Morgan fingerprint density at radius 3 is 2.06 bits per heavy atom. The highest BCUT2D eigenvalue weighted by Crippen LogP contribution is 2.31. The monoisotopic (exact) mass is 438 g/mol. The number of likely N-dealkylation sites (tertiary alicyclic amines) is 2. The Hall–Kier alpha value is -3.24. The minimum atomic E-state index is -0.580. The molecular weight excluding hydrogens is 408 g/mol. The molecule has 2 aliphatic rings. The second-order valence-electron chi connectivity index (χ2n) is 9.21. The van der Waals surface area contributed by atoms with Gasteiger partial charge in [0.25, 0.3) is 0 Å². The number of nitrogens with zero attached hydrogens (tertiary/aromatic N) is 2. The third-order valence-corrected chi connectivity index (χ3v) is 6.99. The first-order valence-corrected chi connectivity index (χ1v) is 12.0. The number of Topliss-reactive ketones (excluding diaryl/α,β-unsaturated/α-hetero) is 1. The molecule has 3 aromatic rings. The first-order chi connectivity index (χ1) is 16.2. The number of hydrogen-bond donors (Lipinski definition) is 0. The van der Waals surface area contributed by atoms with E-state index in [-0.39, 0.29) is 17.7 Å². The van der Waals surface area contributed by atoms with Gasteiger partial charge in [0.2, 0.25) is 5.91 Å². The van der Waals surface area contributed by atoms with E-state index in [1.807, 2.05) is 53.4 Å². The van der Waals surface area contributed by atoms with Crippen LogP contribution in [0.4, 0.5) is 0 Å². The molecule has 5 rings (SSSR count). The summed E-state index contributed by atoms with van der Waals surface area (Å²) in [5.74, 6) is -0.640. The topological polar surface area (TPSA) is 40.6 Å². The van der Waals surface area contributed by atoms with E-state index in [4.69, 9.17) is 0 Å². The molecule has 0 N–H and O–H groups in total. The lowest BCUT2D eigenvalue weighted by Crippen LogP contribution is -2.43. The van der Waals surface area contributed by atoms with Crippen LogP contribution in [0.2, 0.25) is 0 Å². The lowest BCUT2D eigenvalue weighted by molar-refractivity contribution is -0.132. The average Bonchev–Trinajstić information content (AvgIpc) is 3.49. The molecule has 0 spiro atoms. The van der Waals surface area contributed by atoms with Gasteiger partial charge in [-0.3, -0.25) is 14.5 Å². The van der Waals surface area contributed by atoms with Crippen LogP contribution in [-0.2, 0) is 11.2 Å². The predicted octanol–water partition coefficient (Wildman–Crippen LogP) is 5.05. The first kappa shape index (κ1) is 21.6. The van der Waals surface area contributed by atoms with Crippen molar-refractivity contribution in [3.05, 3.63) is 96.1 Å². The number of hydrogen-bond acceptors (Lipinski definition) is 3. The maximum atomic E-state index is 13.4. The fourth-order valence-electron chi connectivity index (χ4n) is 5.16. The van der Waals surface area contributed by atoms with Crippen molar-refractivity contribution < 1.29 is 9.59 Å². The Morgan fingerprint density at radius 2 is 1.39 bits per heavy atom. The summed E-state index contributed by atoms with van der Waals surface area (Å²) in [7, 11) is 0. The highest BCUT2D eigenvalue weighted by Gasteiger charge is 2.44. The Balaban J connectivity index is 1.35. The summed E-state index contributed by atoms with van der Waals surface area (Å²) in [6.07, 6.45) is 3.72. The molecule has 4 nitrogen and oxygen atoms in total. The number of rotatable bonds is 7. The van der Waals surface area contributed by atoms with Crippen molar-refractivity contribution >= 4 is 11.7 Å². The van der Waals surface area contributed by atoms with E-state index < -0.39 is 5.92 Å². The molecule has 0 unspecified atom stereocenters. The molecule has 3 aromatic carbocycles. The molecule has 2 fully saturated rings. The van der Waals surface area contributed by atoms with Crippen LogP contribution in [0.1, 0.15) is 35.2 Å². The van der Waals surface area contributed by atoms with Gasteiger partial charge in [0, 0.05) is 11.6 Å². The predicted molar refractivity (Wildman–Crippen MR) is 131 cm³/mol. The molecule has 2 heterocycles. The minimum Gasteiger partial charge on any atom is -0.326 e. The summed E-state index contributed by atoms with van der Waals surface area (Å²) in [6.45, 7) is 2.68. The van der Waals surface area contributed by atoms with E-state index in [1.165, 1.54) is 29.5 Å². The van der Waals surface area contributed by atoms with E-state index in [0.717, 1.165) is 19.5 Å². The van der Waals surface area contributed by atoms with Gasteiger partial charge in [0.15, 0.2) is 5.78 Å². The zero-order valence-corrected chi connectivity index (χ0v) is 18.9. The third-order valence-electron chi connectivity index (χ3n) is 6.99. The summed E-state index contributed by atoms with van der Waals surface area (Å²) < 4.78 is 0. The van der Waals surface area contributed by atoms with E-state index in [1.54, 1.807) is 0 Å². The summed E-state index contributed by atoms with van der Waals surface area (Å²) in [6, 6.07) is 28.3. The Labute approximate surface area is 195 Å². The highest BCUT2D eigenvalue weighted by molar-refractivity contribution is 6.11. The summed E-state index contributed by atoms with van der Waals surface area (Å²) in [5, 5.41) is 0. The molecule has 168 valence electrons. The molecule has 0 saturated carbocycles. The molecule has 2 aliphatic heterocycles. The Bertz CT molecular complexity index is 1090. The minimum absolute atomic E-state index is 0.0124. The van der Waals surface area contributed by atoms with Crippen LogP contribution < -0.4 is 0 Å². The third kappa shape index (κ3) is 4.76. The van der Waals surface area contributed by atoms with Gasteiger partial charge >= 0.3 is 0 Å². The quantitative estimate of drug-likeness (QED) is 0.383. The number of amides is 1. The van der Waals surface area contributed by atoms with Crippen molar-refractivity contribution in [3.8, 4) is 11.1 Å². The van der Waals surface area contributed by atoms with Crippen molar-refractivity contribution in [1.82, 2.24) is 9.80 Å². The van der Waals surface area contributed by atoms with Gasteiger partial charge in [-0.05, 0) is 55.5 Å². The van der Waals surface area contributed by atoms with Gasteiger partial charge in [-0.2, -0.15) is 0 Å². The number of ketones is 1. The number of carbonyl (C=O) groups is 2. The number of benzene rings is 3. The van der Waals surface area contributed by atoms with Crippen molar-refractivity contribution in [2.75, 3.05) is 19.8 Å². The molecule has 0 aliphatic carbocycles. The molecular formula is C29H30N2O2. The highest BCUT2D eigenvalue weighted by atomic mass is 16.2.